The van der Waals surface area contributed by atoms with E-state index in [-0.39, 0.29) is 12.4 Å². The molecule has 1 aliphatic heterocycles. The normalized spacial score (nSPS) is 26.5. The number of aliphatic hydroxyl groups is 2. The maximum Gasteiger partial charge on any atom is 0.167 e. The minimum absolute atomic E-state index is 0.163. The van der Waals surface area contributed by atoms with E-state index in [1.807, 2.05) is 17.5 Å². The molecule has 1 saturated heterocycles. The Morgan fingerprint density at radius 2 is 2.16 bits per heavy atom. The number of rotatable bonds is 5. The molecule has 0 spiro atoms. The summed E-state index contributed by atoms with van der Waals surface area (Å²) in [7, 11) is 0. The summed E-state index contributed by atoms with van der Waals surface area (Å²) in [5.41, 5.74) is 6.63. The van der Waals surface area contributed by atoms with E-state index in [9.17, 15) is 10.2 Å². The number of hydrogen-bond donors (Lipinski definition) is 3. The summed E-state index contributed by atoms with van der Waals surface area (Å²) in [6.45, 7) is 0.596. The van der Waals surface area contributed by atoms with Gasteiger partial charge in [-0.3, -0.25) is 4.57 Å². The van der Waals surface area contributed by atoms with Crippen molar-refractivity contribution in [2.24, 2.45) is 0 Å². The van der Waals surface area contributed by atoms with Crippen molar-refractivity contribution in [3.8, 4) is 0 Å². The molecule has 10 heteroatoms. The van der Waals surface area contributed by atoms with Gasteiger partial charge in [-0.15, -0.1) is 11.3 Å². The molecular weight excluding hydrogens is 346 g/mol. The minimum Gasteiger partial charge on any atom is -0.387 e. The maximum atomic E-state index is 10.4. The number of anilines is 1. The van der Waals surface area contributed by atoms with Gasteiger partial charge in [-0.25, -0.2) is 15.0 Å². The number of aromatic nitrogens is 4. The molecule has 0 amide bonds. The van der Waals surface area contributed by atoms with Crippen LogP contribution in [0.1, 0.15) is 11.1 Å². The first-order valence-corrected chi connectivity index (χ1v) is 8.58. The van der Waals surface area contributed by atoms with Crippen LogP contribution in [0.2, 0.25) is 0 Å². The van der Waals surface area contributed by atoms with Gasteiger partial charge >= 0.3 is 0 Å². The summed E-state index contributed by atoms with van der Waals surface area (Å²) in [5.74, 6) is 0.243. The number of hydrogen-bond acceptors (Lipinski definition) is 9. The first-order valence-electron chi connectivity index (χ1n) is 7.70. The Hall–Kier alpha value is -2.11. The lowest BCUT2D eigenvalue weighted by Gasteiger charge is -2.16. The van der Waals surface area contributed by atoms with E-state index >= 15 is 0 Å². The quantitative estimate of drug-likeness (QED) is 0.591. The first kappa shape index (κ1) is 16.4. The van der Waals surface area contributed by atoms with E-state index in [4.69, 9.17) is 15.2 Å². The third-order valence-corrected chi connectivity index (χ3v) is 4.95. The van der Waals surface area contributed by atoms with E-state index in [1.165, 1.54) is 12.7 Å². The second-order valence-corrected chi connectivity index (χ2v) is 6.76. The Bertz CT molecular complexity index is 855. The van der Waals surface area contributed by atoms with Crippen LogP contribution in [0, 0.1) is 0 Å². The standard InChI is InChI=1S/C15H17N5O4S/c16-13-10-14(18-6-17-13)20(7-19-10)15-12(22)11(21)9(24-15)5-23-4-8-2-1-3-25-8/h1-3,6-7,9,11-12,15,21-22H,4-5H2,(H2,16,17,18)/t9-,11-,12-,15-/m1/s1. The zero-order valence-electron chi connectivity index (χ0n) is 13.1. The van der Waals surface area contributed by atoms with Gasteiger partial charge in [0.15, 0.2) is 17.7 Å². The van der Waals surface area contributed by atoms with Crippen molar-refractivity contribution < 1.29 is 19.7 Å². The average molecular weight is 363 g/mol. The van der Waals surface area contributed by atoms with Gasteiger partial charge in [0.05, 0.1) is 19.5 Å². The predicted octanol–water partition coefficient (Wildman–Crippen LogP) is 0.306. The fraction of sp³-hybridized carbons (Fsp3) is 0.400. The molecule has 0 bridgehead atoms. The van der Waals surface area contributed by atoms with Crippen molar-refractivity contribution in [1.29, 1.82) is 0 Å². The number of thiophene rings is 1. The topological polar surface area (TPSA) is 129 Å². The van der Waals surface area contributed by atoms with Crippen LogP contribution in [0.25, 0.3) is 11.2 Å². The number of fused-ring (bicyclic) bond motifs is 1. The summed E-state index contributed by atoms with van der Waals surface area (Å²) in [4.78, 5) is 13.2. The molecule has 4 heterocycles. The highest BCUT2D eigenvalue weighted by molar-refractivity contribution is 7.09. The molecule has 0 aromatic carbocycles. The van der Waals surface area contributed by atoms with Crippen LogP contribution in [0.5, 0.6) is 0 Å². The van der Waals surface area contributed by atoms with Gasteiger partial charge in [-0.1, -0.05) is 6.07 Å². The number of imidazole rings is 1. The van der Waals surface area contributed by atoms with E-state index in [0.29, 0.717) is 17.8 Å². The zero-order valence-corrected chi connectivity index (χ0v) is 13.9. The van der Waals surface area contributed by atoms with Crippen molar-refractivity contribution in [3.05, 3.63) is 35.0 Å². The third kappa shape index (κ3) is 2.98. The molecule has 1 fully saturated rings. The van der Waals surface area contributed by atoms with E-state index < -0.39 is 24.5 Å². The molecular formula is C15H17N5O4S. The van der Waals surface area contributed by atoms with Crippen molar-refractivity contribution in [1.82, 2.24) is 19.5 Å². The van der Waals surface area contributed by atoms with Gasteiger partial charge in [-0.05, 0) is 11.4 Å². The summed E-state index contributed by atoms with van der Waals surface area (Å²) >= 11 is 1.59. The molecule has 9 nitrogen and oxygen atoms in total. The average Bonchev–Trinajstić information content (AvgIpc) is 3.32. The van der Waals surface area contributed by atoms with Crippen LogP contribution in [0.3, 0.4) is 0 Å². The first-order chi connectivity index (χ1) is 12.1. The highest BCUT2D eigenvalue weighted by Crippen LogP contribution is 2.32. The third-order valence-electron chi connectivity index (χ3n) is 4.10. The Morgan fingerprint density at radius 3 is 2.96 bits per heavy atom. The van der Waals surface area contributed by atoms with Crippen LogP contribution in [0.15, 0.2) is 30.2 Å². The molecule has 0 saturated carbocycles. The van der Waals surface area contributed by atoms with Crippen molar-refractivity contribution in [2.75, 3.05) is 12.3 Å². The van der Waals surface area contributed by atoms with Crippen molar-refractivity contribution in [3.63, 3.8) is 0 Å². The summed E-state index contributed by atoms with van der Waals surface area (Å²) in [6, 6.07) is 3.91. The van der Waals surface area contributed by atoms with Gasteiger partial charge in [0.2, 0.25) is 0 Å². The molecule has 4 rings (SSSR count). The fourth-order valence-corrected chi connectivity index (χ4v) is 3.46. The fourth-order valence-electron chi connectivity index (χ4n) is 2.82. The monoisotopic (exact) mass is 363 g/mol. The Labute approximate surface area is 146 Å². The molecule has 3 aromatic heterocycles. The lowest BCUT2D eigenvalue weighted by molar-refractivity contribution is -0.0679. The number of aliphatic hydroxyl groups excluding tert-OH is 2. The van der Waals surface area contributed by atoms with Crippen LogP contribution >= 0.6 is 11.3 Å². The van der Waals surface area contributed by atoms with Gasteiger partial charge in [0.1, 0.15) is 30.2 Å². The minimum atomic E-state index is -1.14. The second-order valence-electron chi connectivity index (χ2n) is 5.72. The van der Waals surface area contributed by atoms with Crippen LogP contribution < -0.4 is 5.73 Å². The molecule has 4 N–H and O–H groups in total. The van der Waals surface area contributed by atoms with Gasteiger partial charge in [0, 0.05) is 4.88 Å². The smallest absolute Gasteiger partial charge is 0.167 e. The highest BCUT2D eigenvalue weighted by atomic mass is 32.1. The van der Waals surface area contributed by atoms with Crippen LogP contribution in [-0.4, -0.2) is 54.7 Å². The lowest BCUT2D eigenvalue weighted by atomic mass is 10.1. The van der Waals surface area contributed by atoms with E-state index in [1.54, 1.807) is 15.9 Å². The molecule has 1 aliphatic rings. The molecule has 0 radical (unpaired) electrons. The lowest BCUT2D eigenvalue weighted by Crippen LogP contribution is -2.33. The van der Waals surface area contributed by atoms with Crippen LogP contribution in [0.4, 0.5) is 5.82 Å². The zero-order chi connectivity index (χ0) is 17.4. The Morgan fingerprint density at radius 1 is 1.28 bits per heavy atom. The van der Waals surface area contributed by atoms with Crippen LogP contribution in [-0.2, 0) is 16.1 Å². The van der Waals surface area contributed by atoms with Crippen molar-refractivity contribution in [2.45, 2.75) is 31.1 Å². The second kappa shape index (κ2) is 6.65. The summed E-state index contributed by atoms with van der Waals surface area (Å²) < 4.78 is 12.9. The molecule has 0 aliphatic carbocycles. The molecule has 25 heavy (non-hydrogen) atoms. The van der Waals surface area contributed by atoms with Gasteiger partial charge in [-0.2, -0.15) is 0 Å². The SMILES string of the molecule is Nc1ncnc2c1ncn2[C@@H]1O[C@H](COCc2cccs2)[C@@H](O)[C@H]1O. The molecule has 3 aromatic rings. The number of nitrogens with zero attached hydrogens (tertiary/aromatic N) is 4. The predicted molar refractivity (Wildman–Crippen MR) is 89.6 cm³/mol. The number of nitrogens with two attached hydrogens (primary N) is 1. The van der Waals surface area contributed by atoms with Gasteiger partial charge < -0.3 is 25.4 Å². The summed E-state index contributed by atoms with van der Waals surface area (Å²) in [6.07, 6.45) is -0.921. The van der Waals surface area contributed by atoms with E-state index in [2.05, 4.69) is 15.0 Å². The van der Waals surface area contributed by atoms with Crippen molar-refractivity contribution >= 4 is 28.3 Å². The number of nitrogen functional groups attached to an aromatic ring is 1. The van der Waals surface area contributed by atoms with Gasteiger partial charge in [0.25, 0.3) is 0 Å². The highest BCUT2D eigenvalue weighted by Gasteiger charge is 2.44. The molecule has 4 atom stereocenters. The summed E-state index contributed by atoms with van der Waals surface area (Å²) in [5, 5.41) is 22.6. The molecule has 0 unspecified atom stereocenters. The molecule has 132 valence electrons. The van der Waals surface area contributed by atoms with E-state index in [0.717, 1.165) is 4.88 Å². The largest absolute Gasteiger partial charge is 0.387 e. The maximum absolute atomic E-state index is 10.4. The Kier molecular flexibility index (Phi) is 4.36. The number of ether oxygens (including phenoxy) is 2. The Balaban J connectivity index is 1.48.